The molecule has 0 aromatic heterocycles. The number of aliphatic imine (C=N–C) groups is 1. The molecular formula is C22H45N2O2+. The van der Waals surface area contributed by atoms with E-state index >= 15 is 0 Å². The van der Waals surface area contributed by atoms with Gasteiger partial charge in [-0.15, -0.1) is 0 Å². The van der Waals surface area contributed by atoms with Crippen molar-refractivity contribution in [3.05, 3.63) is 0 Å². The topological polar surface area (TPSA) is 52.8 Å². The summed E-state index contributed by atoms with van der Waals surface area (Å²) in [5.74, 6) is 0. The van der Waals surface area contributed by atoms with Crippen molar-refractivity contribution < 1.29 is 14.7 Å². The minimum absolute atomic E-state index is 0.391. The zero-order chi connectivity index (χ0) is 18.9. The predicted molar refractivity (Wildman–Crippen MR) is 111 cm³/mol. The summed E-state index contributed by atoms with van der Waals surface area (Å²) >= 11 is 0. The molecule has 26 heavy (non-hydrogen) atoms. The molecule has 154 valence electrons. The molecule has 1 heterocycles. The first-order chi connectivity index (χ1) is 12.7. The van der Waals surface area contributed by atoms with Crippen LogP contribution in [0.3, 0.4) is 0 Å². The van der Waals surface area contributed by atoms with Gasteiger partial charge in [0.1, 0.15) is 13.1 Å². The van der Waals surface area contributed by atoms with E-state index in [1.807, 2.05) is 6.34 Å². The Labute approximate surface area is 162 Å². The Balaban J connectivity index is 1.84. The van der Waals surface area contributed by atoms with Gasteiger partial charge in [0.05, 0.1) is 13.1 Å². The molecule has 0 fully saturated rings. The molecule has 4 nitrogen and oxygen atoms in total. The maximum atomic E-state index is 9.28. The largest absolute Gasteiger partial charge is 0.364 e. The molecular weight excluding hydrogens is 324 g/mol. The molecule has 0 spiro atoms. The van der Waals surface area contributed by atoms with E-state index in [2.05, 4.69) is 11.9 Å². The van der Waals surface area contributed by atoms with Crippen LogP contribution in [-0.4, -0.2) is 53.5 Å². The number of hydrogen-bond donors (Lipinski definition) is 2. The zero-order valence-corrected chi connectivity index (χ0v) is 17.4. The van der Waals surface area contributed by atoms with Crippen molar-refractivity contribution in [2.24, 2.45) is 4.99 Å². The summed E-state index contributed by atoms with van der Waals surface area (Å²) in [7, 11) is 0. The molecule has 1 aliphatic heterocycles. The van der Waals surface area contributed by atoms with Crippen molar-refractivity contribution in [1.82, 2.24) is 0 Å². The predicted octanol–water partition coefficient (Wildman–Crippen LogP) is 5.03. The van der Waals surface area contributed by atoms with Crippen LogP contribution in [0.2, 0.25) is 0 Å². The summed E-state index contributed by atoms with van der Waals surface area (Å²) in [6.07, 6.45) is 21.4. The van der Waals surface area contributed by atoms with Crippen LogP contribution < -0.4 is 0 Å². The average molecular weight is 370 g/mol. The monoisotopic (exact) mass is 369 g/mol. The van der Waals surface area contributed by atoms with Crippen molar-refractivity contribution in [1.29, 1.82) is 0 Å². The number of aliphatic hydroxyl groups is 2. The maximum absolute atomic E-state index is 9.28. The van der Waals surface area contributed by atoms with Gasteiger partial charge in [-0.2, -0.15) is 0 Å². The fourth-order valence-corrected chi connectivity index (χ4v) is 4.07. The highest BCUT2D eigenvalue weighted by molar-refractivity contribution is 5.48. The van der Waals surface area contributed by atoms with Gasteiger partial charge in [0.15, 0.2) is 6.34 Å². The van der Waals surface area contributed by atoms with Crippen LogP contribution in [0.25, 0.3) is 0 Å². The fourth-order valence-electron chi connectivity index (χ4n) is 4.07. The number of rotatable bonds is 18. The number of quaternary nitrogens is 1. The summed E-state index contributed by atoms with van der Waals surface area (Å²) < 4.78 is 0.663. The highest BCUT2D eigenvalue weighted by atomic mass is 16.5. The molecule has 0 aliphatic carbocycles. The minimum atomic E-state index is -1.23. The van der Waals surface area contributed by atoms with E-state index in [0.29, 0.717) is 11.0 Å². The number of unbranched alkanes of at least 4 members (excludes halogenated alkanes) is 14. The molecule has 0 bridgehead atoms. The first kappa shape index (κ1) is 23.6. The van der Waals surface area contributed by atoms with Crippen LogP contribution in [0.5, 0.6) is 0 Å². The molecule has 1 aliphatic rings. The van der Waals surface area contributed by atoms with Crippen molar-refractivity contribution in [3.8, 4) is 0 Å². The quantitative estimate of drug-likeness (QED) is 0.202. The first-order valence-corrected chi connectivity index (χ1v) is 11.4. The van der Waals surface area contributed by atoms with E-state index in [9.17, 15) is 10.2 Å². The lowest BCUT2D eigenvalue weighted by molar-refractivity contribution is -0.835. The second kappa shape index (κ2) is 15.6. The molecule has 0 saturated heterocycles. The SMILES string of the molecule is CCCCCCCCCCCCCCCCC[N+]1(CC(O)O)C=NCC1. The second-order valence-corrected chi connectivity index (χ2v) is 8.30. The standard InChI is InChI=1S/C22H45N2O2/c1-2-3-4-5-6-7-8-9-10-11-12-13-14-15-16-18-24(20-22(25)26)19-17-23-21-24/h21-22,25-26H,2-20H2,1H3/q+1. The van der Waals surface area contributed by atoms with Crippen molar-refractivity contribution in [2.45, 2.75) is 110 Å². The molecule has 0 saturated carbocycles. The molecule has 0 aromatic rings. The summed E-state index contributed by atoms with van der Waals surface area (Å²) in [5.41, 5.74) is 0. The van der Waals surface area contributed by atoms with Gasteiger partial charge in [-0.3, -0.25) is 4.48 Å². The van der Waals surface area contributed by atoms with Crippen LogP contribution >= 0.6 is 0 Å². The number of hydrogen-bond acceptors (Lipinski definition) is 3. The Bertz CT molecular complexity index is 347. The van der Waals surface area contributed by atoms with Crippen molar-refractivity contribution >= 4 is 6.34 Å². The fraction of sp³-hybridized carbons (Fsp3) is 0.955. The Morgan fingerprint density at radius 2 is 1.23 bits per heavy atom. The lowest BCUT2D eigenvalue weighted by atomic mass is 10.0. The zero-order valence-electron chi connectivity index (χ0n) is 17.4. The van der Waals surface area contributed by atoms with Crippen LogP contribution in [0, 0.1) is 0 Å². The third kappa shape index (κ3) is 12.0. The summed E-state index contributed by atoms with van der Waals surface area (Å²) in [6.45, 7) is 5.42. The van der Waals surface area contributed by atoms with Crippen molar-refractivity contribution in [2.75, 3.05) is 26.2 Å². The van der Waals surface area contributed by atoms with Crippen LogP contribution in [0.4, 0.5) is 0 Å². The molecule has 0 radical (unpaired) electrons. The molecule has 0 amide bonds. The smallest absolute Gasteiger partial charge is 0.203 e. The summed E-state index contributed by atoms with van der Waals surface area (Å²) in [6, 6.07) is 0. The van der Waals surface area contributed by atoms with E-state index in [1.54, 1.807) is 0 Å². The van der Waals surface area contributed by atoms with Crippen LogP contribution in [-0.2, 0) is 0 Å². The third-order valence-corrected chi connectivity index (χ3v) is 5.73. The van der Waals surface area contributed by atoms with Gasteiger partial charge in [-0.25, -0.2) is 4.99 Å². The van der Waals surface area contributed by atoms with Gasteiger partial charge in [-0.05, 0) is 12.8 Å². The molecule has 4 heteroatoms. The van der Waals surface area contributed by atoms with Crippen molar-refractivity contribution in [3.63, 3.8) is 0 Å². The number of aliphatic hydroxyl groups excluding tert-OH is 1. The lowest BCUT2D eigenvalue weighted by Crippen LogP contribution is -2.50. The van der Waals surface area contributed by atoms with E-state index in [4.69, 9.17) is 0 Å². The van der Waals surface area contributed by atoms with Gasteiger partial charge in [-0.1, -0.05) is 90.4 Å². The van der Waals surface area contributed by atoms with Gasteiger partial charge in [0.25, 0.3) is 0 Å². The molecule has 2 N–H and O–H groups in total. The Hall–Kier alpha value is -0.450. The van der Waals surface area contributed by atoms with Crippen LogP contribution in [0.15, 0.2) is 4.99 Å². The molecule has 1 unspecified atom stereocenters. The Kier molecular flexibility index (Phi) is 14.1. The average Bonchev–Trinajstić information content (AvgIpc) is 3.06. The normalized spacial score (nSPS) is 19.7. The van der Waals surface area contributed by atoms with Gasteiger partial charge < -0.3 is 10.2 Å². The molecule has 1 atom stereocenters. The minimum Gasteiger partial charge on any atom is -0.364 e. The first-order valence-electron chi connectivity index (χ1n) is 11.4. The molecule has 0 aromatic carbocycles. The van der Waals surface area contributed by atoms with E-state index in [1.165, 1.54) is 89.9 Å². The van der Waals surface area contributed by atoms with E-state index in [-0.39, 0.29) is 0 Å². The van der Waals surface area contributed by atoms with Gasteiger partial charge in [0, 0.05) is 0 Å². The van der Waals surface area contributed by atoms with Gasteiger partial charge in [0.2, 0.25) is 6.29 Å². The van der Waals surface area contributed by atoms with E-state index in [0.717, 1.165) is 26.1 Å². The summed E-state index contributed by atoms with van der Waals surface area (Å²) in [5, 5.41) is 18.6. The van der Waals surface area contributed by atoms with E-state index < -0.39 is 6.29 Å². The van der Waals surface area contributed by atoms with Crippen LogP contribution in [0.1, 0.15) is 103 Å². The Morgan fingerprint density at radius 1 is 0.769 bits per heavy atom. The maximum Gasteiger partial charge on any atom is 0.203 e. The second-order valence-electron chi connectivity index (χ2n) is 8.30. The number of nitrogens with zero attached hydrogens (tertiary/aromatic N) is 2. The Morgan fingerprint density at radius 3 is 1.62 bits per heavy atom. The highest BCUT2D eigenvalue weighted by Crippen LogP contribution is 2.16. The molecule has 1 rings (SSSR count). The highest BCUT2D eigenvalue weighted by Gasteiger charge is 2.30. The van der Waals surface area contributed by atoms with Gasteiger partial charge >= 0.3 is 0 Å². The lowest BCUT2D eigenvalue weighted by Gasteiger charge is -2.30. The summed E-state index contributed by atoms with van der Waals surface area (Å²) in [4.78, 5) is 4.30. The third-order valence-electron chi connectivity index (χ3n) is 5.73.